The molecule has 2 aliphatic rings. The van der Waals surface area contributed by atoms with Crippen LogP contribution < -0.4 is 0 Å². The number of aromatic nitrogens is 2. The highest BCUT2D eigenvalue weighted by molar-refractivity contribution is 5.76. The summed E-state index contributed by atoms with van der Waals surface area (Å²) < 4.78 is 16.8. The number of amides is 1. The van der Waals surface area contributed by atoms with E-state index in [2.05, 4.69) is 5.16 Å². The number of aryl methyl sites for hydroxylation is 2. The second-order valence-corrected chi connectivity index (χ2v) is 7.83. The van der Waals surface area contributed by atoms with Gasteiger partial charge >= 0.3 is 0 Å². The maximum Gasteiger partial charge on any atom is 0.223 e. The first-order chi connectivity index (χ1) is 14.2. The minimum absolute atomic E-state index is 0.213. The highest BCUT2D eigenvalue weighted by Crippen LogP contribution is 2.29. The maximum absolute atomic E-state index is 12.8. The molecule has 2 saturated heterocycles. The van der Waals surface area contributed by atoms with E-state index >= 15 is 0 Å². The summed E-state index contributed by atoms with van der Waals surface area (Å²) in [5, 5.41) is 4.09. The highest BCUT2D eigenvalue weighted by Gasteiger charge is 2.28. The van der Waals surface area contributed by atoms with Crippen LogP contribution in [0.4, 0.5) is 0 Å². The molecular weight excluding hydrogens is 370 g/mol. The Morgan fingerprint density at radius 1 is 1.24 bits per heavy atom. The average Bonchev–Trinajstić information content (AvgIpc) is 3.15. The number of nitrogens with zero attached hydrogens (tertiary/aromatic N) is 3. The van der Waals surface area contributed by atoms with Crippen LogP contribution in [-0.4, -0.2) is 53.9 Å². The number of carbonyl (C=O) groups excluding carboxylic acids is 1. The van der Waals surface area contributed by atoms with Crippen LogP contribution in [0, 0.1) is 12.8 Å². The Balaban J connectivity index is 1.47. The number of pyridine rings is 1. The molecule has 1 amide bonds. The molecule has 156 valence electrons. The molecule has 2 aromatic heterocycles. The third kappa shape index (κ3) is 4.51. The van der Waals surface area contributed by atoms with Gasteiger partial charge in [-0.15, -0.1) is 0 Å². The second kappa shape index (κ2) is 9.05. The first-order valence-electron chi connectivity index (χ1n) is 10.5. The molecule has 0 saturated carbocycles. The summed E-state index contributed by atoms with van der Waals surface area (Å²) in [5.74, 6) is 1.48. The van der Waals surface area contributed by atoms with Gasteiger partial charge in [0.2, 0.25) is 5.91 Å². The van der Waals surface area contributed by atoms with Crippen molar-refractivity contribution in [2.45, 2.75) is 45.6 Å². The van der Waals surface area contributed by atoms with Gasteiger partial charge in [-0.25, -0.2) is 4.98 Å². The predicted molar refractivity (Wildman–Crippen MR) is 107 cm³/mol. The standard InChI is InChI=1S/C22H29N3O4/c1-3-19-22(15(2)24-29-19)18-6-4-5-17(23-18)20-14-25(9-12-28-20)21(26)13-16-7-10-27-11-8-16/h4-6,16,20H,3,7-14H2,1-2H3. The molecule has 2 aromatic rings. The minimum atomic E-state index is -0.215. The van der Waals surface area contributed by atoms with Crippen molar-refractivity contribution in [2.24, 2.45) is 5.92 Å². The van der Waals surface area contributed by atoms with Crippen LogP contribution in [0.3, 0.4) is 0 Å². The van der Waals surface area contributed by atoms with E-state index in [1.807, 2.05) is 36.9 Å². The molecule has 29 heavy (non-hydrogen) atoms. The number of carbonyl (C=O) groups is 1. The molecule has 7 nitrogen and oxygen atoms in total. The summed E-state index contributed by atoms with van der Waals surface area (Å²) in [6.45, 7) is 7.22. The zero-order valence-electron chi connectivity index (χ0n) is 17.2. The number of ether oxygens (including phenoxy) is 2. The highest BCUT2D eigenvalue weighted by atomic mass is 16.5. The first-order valence-corrected chi connectivity index (χ1v) is 10.5. The topological polar surface area (TPSA) is 77.7 Å². The molecule has 2 aliphatic heterocycles. The fourth-order valence-electron chi connectivity index (χ4n) is 4.14. The van der Waals surface area contributed by atoms with Crippen LogP contribution in [0.25, 0.3) is 11.3 Å². The molecule has 0 bridgehead atoms. The molecule has 4 heterocycles. The summed E-state index contributed by atoms with van der Waals surface area (Å²) in [6.07, 6.45) is 3.09. The predicted octanol–water partition coefficient (Wildman–Crippen LogP) is 3.32. The molecule has 0 spiro atoms. The van der Waals surface area contributed by atoms with Gasteiger partial charge in [-0.1, -0.05) is 18.1 Å². The Morgan fingerprint density at radius 3 is 2.86 bits per heavy atom. The van der Waals surface area contributed by atoms with E-state index in [-0.39, 0.29) is 12.0 Å². The monoisotopic (exact) mass is 399 g/mol. The largest absolute Gasteiger partial charge is 0.381 e. The molecule has 0 aromatic carbocycles. The van der Waals surface area contributed by atoms with Crippen LogP contribution in [0.5, 0.6) is 0 Å². The third-order valence-corrected chi connectivity index (χ3v) is 5.83. The lowest BCUT2D eigenvalue weighted by atomic mass is 9.95. The van der Waals surface area contributed by atoms with Gasteiger partial charge < -0.3 is 18.9 Å². The molecule has 1 unspecified atom stereocenters. The van der Waals surface area contributed by atoms with Crippen LogP contribution in [-0.2, 0) is 20.7 Å². The Hall–Kier alpha value is -2.25. The molecule has 0 aliphatic carbocycles. The molecular formula is C22H29N3O4. The van der Waals surface area contributed by atoms with Crippen molar-refractivity contribution < 1.29 is 18.8 Å². The van der Waals surface area contributed by atoms with Gasteiger partial charge in [-0.2, -0.15) is 0 Å². The fraction of sp³-hybridized carbons (Fsp3) is 0.591. The van der Waals surface area contributed by atoms with E-state index in [1.165, 1.54) is 0 Å². The zero-order chi connectivity index (χ0) is 20.2. The number of hydrogen-bond donors (Lipinski definition) is 0. The van der Waals surface area contributed by atoms with Crippen molar-refractivity contribution in [3.05, 3.63) is 35.3 Å². The van der Waals surface area contributed by atoms with Crippen molar-refractivity contribution >= 4 is 5.91 Å². The lowest BCUT2D eigenvalue weighted by Gasteiger charge is -2.34. The van der Waals surface area contributed by atoms with E-state index in [0.29, 0.717) is 32.0 Å². The van der Waals surface area contributed by atoms with Gasteiger partial charge in [-0.05, 0) is 37.8 Å². The van der Waals surface area contributed by atoms with E-state index in [1.54, 1.807) is 0 Å². The van der Waals surface area contributed by atoms with Crippen molar-refractivity contribution in [3.8, 4) is 11.3 Å². The van der Waals surface area contributed by atoms with Crippen LogP contribution in [0.15, 0.2) is 22.7 Å². The van der Waals surface area contributed by atoms with Gasteiger partial charge in [0.05, 0.1) is 35.8 Å². The van der Waals surface area contributed by atoms with Gasteiger partial charge in [0, 0.05) is 32.6 Å². The third-order valence-electron chi connectivity index (χ3n) is 5.83. The van der Waals surface area contributed by atoms with Crippen LogP contribution in [0.2, 0.25) is 0 Å². The van der Waals surface area contributed by atoms with Crippen molar-refractivity contribution in [2.75, 3.05) is 32.9 Å². The fourth-order valence-corrected chi connectivity index (χ4v) is 4.14. The number of morpholine rings is 1. The van der Waals surface area contributed by atoms with Gasteiger partial charge in [0.25, 0.3) is 0 Å². The van der Waals surface area contributed by atoms with Gasteiger partial charge in [-0.3, -0.25) is 4.79 Å². The quantitative estimate of drug-likeness (QED) is 0.768. The van der Waals surface area contributed by atoms with E-state index in [0.717, 1.165) is 60.9 Å². The summed E-state index contributed by atoms with van der Waals surface area (Å²) in [6, 6.07) is 5.92. The van der Waals surface area contributed by atoms with Crippen molar-refractivity contribution in [1.29, 1.82) is 0 Å². The van der Waals surface area contributed by atoms with E-state index < -0.39 is 0 Å². The Labute approximate surface area is 171 Å². The Morgan fingerprint density at radius 2 is 2.07 bits per heavy atom. The molecule has 0 N–H and O–H groups in total. The van der Waals surface area contributed by atoms with Gasteiger partial charge in [0.1, 0.15) is 11.9 Å². The lowest BCUT2D eigenvalue weighted by Crippen LogP contribution is -2.43. The minimum Gasteiger partial charge on any atom is -0.381 e. The summed E-state index contributed by atoms with van der Waals surface area (Å²) in [4.78, 5) is 19.6. The smallest absolute Gasteiger partial charge is 0.223 e. The van der Waals surface area contributed by atoms with E-state index in [4.69, 9.17) is 19.0 Å². The molecule has 2 fully saturated rings. The van der Waals surface area contributed by atoms with Crippen molar-refractivity contribution in [3.63, 3.8) is 0 Å². The van der Waals surface area contributed by atoms with E-state index in [9.17, 15) is 4.79 Å². The normalized spacial score (nSPS) is 20.8. The lowest BCUT2D eigenvalue weighted by molar-refractivity contribution is -0.140. The number of hydrogen-bond acceptors (Lipinski definition) is 6. The summed E-state index contributed by atoms with van der Waals surface area (Å²) >= 11 is 0. The summed E-state index contributed by atoms with van der Waals surface area (Å²) in [7, 11) is 0. The van der Waals surface area contributed by atoms with Gasteiger partial charge in [0.15, 0.2) is 0 Å². The SMILES string of the molecule is CCc1onc(C)c1-c1cccc(C2CN(C(=O)CC3CCOCC3)CCO2)n1. The molecule has 4 rings (SSSR count). The summed E-state index contributed by atoms with van der Waals surface area (Å²) in [5.41, 5.74) is 3.48. The second-order valence-electron chi connectivity index (χ2n) is 7.83. The molecule has 7 heteroatoms. The number of rotatable bonds is 5. The Kier molecular flexibility index (Phi) is 6.25. The van der Waals surface area contributed by atoms with Crippen LogP contribution >= 0.6 is 0 Å². The first kappa shape index (κ1) is 20.0. The molecule has 0 radical (unpaired) electrons. The maximum atomic E-state index is 12.8. The van der Waals surface area contributed by atoms with Crippen LogP contribution in [0.1, 0.15) is 49.4 Å². The average molecular weight is 399 g/mol. The molecule has 1 atom stereocenters. The van der Waals surface area contributed by atoms with Crippen molar-refractivity contribution in [1.82, 2.24) is 15.0 Å². The zero-order valence-corrected chi connectivity index (χ0v) is 17.2. The Bertz CT molecular complexity index is 844.